The molecule has 1 aliphatic rings. The molecule has 0 spiro atoms. The van der Waals surface area contributed by atoms with Crippen molar-refractivity contribution in [2.24, 2.45) is 0 Å². The van der Waals surface area contributed by atoms with Gasteiger partial charge in [0.2, 0.25) is 5.91 Å². The fraction of sp³-hybridized carbons (Fsp3) is 0.429. The molecule has 27 heavy (non-hydrogen) atoms. The van der Waals surface area contributed by atoms with Gasteiger partial charge in [-0.15, -0.1) is 0 Å². The van der Waals surface area contributed by atoms with Gasteiger partial charge in [-0.2, -0.15) is 5.26 Å². The molecule has 0 saturated carbocycles. The Morgan fingerprint density at radius 1 is 1.37 bits per heavy atom. The molecular weight excluding hydrogens is 343 g/mol. The zero-order valence-electron chi connectivity index (χ0n) is 16.1. The Labute approximate surface area is 159 Å². The molecule has 1 amide bonds. The number of nitrogens with one attached hydrogen (secondary N) is 1. The standard InChI is InChI=1S/C21H25FN4O/c1-14-7-4-5-10-25(14)13-20(27)24-21-19(12-23)15(2)16(3)26(21)18-9-6-8-17(22)11-18/h6,8-9,11,14H,4-5,7,10,13H2,1-3H3,(H,24,27)/t14-/m1/s1. The Bertz CT molecular complexity index is 896. The molecule has 0 unspecified atom stereocenters. The number of aromatic nitrogens is 1. The Balaban J connectivity index is 1.93. The zero-order valence-corrected chi connectivity index (χ0v) is 16.1. The predicted molar refractivity (Wildman–Crippen MR) is 103 cm³/mol. The van der Waals surface area contributed by atoms with Crippen molar-refractivity contribution in [2.75, 3.05) is 18.4 Å². The van der Waals surface area contributed by atoms with Gasteiger partial charge < -0.3 is 5.32 Å². The third-order valence-corrected chi connectivity index (χ3v) is 5.44. The van der Waals surface area contributed by atoms with Gasteiger partial charge in [0.15, 0.2) is 0 Å². The highest BCUT2D eigenvalue weighted by Gasteiger charge is 2.24. The summed E-state index contributed by atoms with van der Waals surface area (Å²) in [5.41, 5.74) is 2.58. The number of hydrogen-bond acceptors (Lipinski definition) is 3. The molecule has 0 radical (unpaired) electrons. The lowest BCUT2D eigenvalue weighted by Crippen LogP contribution is -2.42. The minimum Gasteiger partial charge on any atom is -0.310 e. The monoisotopic (exact) mass is 368 g/mol. The minimum atomic E-state index is -0.365. The molecule has 0 bridgehead atoms. The quantitative estimate of drug-likeness (QED) is 0.890. The van der Waals surface area contributed by atoms with Crippen LogP contribution >= 0.6 is 0 Å². The number of likely N-dealkylation sites (tertiary alicyclic amines) is 1. The van der Waals surface area contributed by atoms with E-state index in [0.717, 1.165) is 30.6 Å². The number of halogens is 1. The molecule has 2 heterocycles. The fourth-order valence-corrected chi connectivity index (χ4v) is 3.75. The summed E-state index contributed by atoms with van der Waals surface area (Å²) in [4.78, 5) is 14.9. The number of amides is 1. The SMILES string of the molecule is Cc1c(C#N)c(NC(=O)CN2CCCC[C@H]2C)n(-c2cccc(F)c2)c1C. The lowest BCUT2D eigenvalue weighted by Gasteiger charge is -2.32. The molecule has 1 atom stereocenters. The number of rotatable bonds is 4. The van der Waals surface area contributed by atoms with E-state index in [-0.39, 0.29) is 11.7 Å². The van der Waals surface area contributed by atoms with E-state index in [1.807, 2.05) is 13.8 Å². The third kappa shape index (κ3) is 3.88. The van der Waals surface area contributed by atoms with E-state index in [1.165, 1.54) is 18.6 Å². The Morgan fingerprint density at radius 2 is 2.15 bits per heavy atom. The van der Waals surface area contributed by atoms with Crippen LogP contribution in [0.25, 0.3) is 5.69 Å². The number of piperidine rings is 1. The number of nitrogens with zero attached hydrogens (tertiary/aromatic N) is 3. The van der Waals surface area contributed by atoms with Crippen molar-refractivity contribution in [1.82, 2.24) is 9.47 Å². The molecule has 2 aromatic rings. The van der Waals surface area contributed by atoms with Crippen molar-refractivity contribution >= 4 is 11.7 Å². The second-order valence-corrected chi connectivity index (χ2v) is 7.22. The second kappa shape index (κ2) is 7.93. The predicted octanol–water partition coefficient (Wildman–Crippen LogP) is 3.92. The largest absolute Gasteiger partial charge is 0.310 e. The number of carbonyl (C=O) groups excluding carboxylic acids is 1. The van der Waals surface area contributed by atoms with E-state index in [2.05, 4.69) is 23.2 Å². The van der Waals surface area contributed by atoms with E-state index >= 15 is 0 Å². The van der Waals surface area contributed by atoms with Crippen LogP contribution in [-0.4, -0.2) is 34.5 Å². The van der Waals surface area contributed by atoms with Crippen LogP contribution in [0.15, 0.2) is 24.3 Å². The first-order chi connectivity index (χ1) is 12.9. The molecule has 1 aliphatic heterocycles. The minimum absolute atomic E-state index is 0.157. The van der Waals surface area contributed by atoms with Crippen molar-refractivity contribution in [3.63, 3.8) is 0 Å². The molecule has 3 rings (SSSR count). The van der Waals surface area contributed by atoms with Crippen LogP contribution in [-0.2, 0) is 4.79 Å². The molecule has 5 nitrogen and oxygen atoms in total. The van der Waals surface area contributed by atoms with Crippen LogP contribution in [0.2, 0.25) is 0 Å². The van der Waals surface area contributed by atoms with Gasteiger partial charge in [0.05, 0.1) is 17.8 Å². The third-order valence-electron chi connectivity index (χ3n) is 5.44. The summed E-state index contributed by atoms with van der Waals surface area (Å²) in [5.74, 6) is -0.112. The summed E-state index contributed by atoms with van der Waals surface area (Å²) in [6.45, 7) is 7.04. The second-order valence-electron chi connectivity index (χ2n) is 7.22. The van der Waals surface area contributed by atoms with E-state index in [0.29, 0.717) is 29.7 Å². The lowest BCUT2D eigenvalue weighted by molar-refractivity contribution is -0.118. The van der Waals surface area contributed by atoms with Gasteiger partial charge in [0.25, 0.3) is 0 Å². The highest BCUT2D eigenvalue weighted by Crippen LogP contribution is 2.30. The number of benzene rings is 1. The molecule has 1 aromatic carbocycles. The summed E-state index contributed by atoms with van der Waals surface area (Å²) in [5, 5.41) is 12.5. The first-order valence-corrected chi connectivity index (χ1v) is 9.34. The maximum Gasteiger partial charge on any atom is 0.239 e. The molecule has 1 fully saturated rings. The number of nitriles is 1. The summed E-state index contributed by atoms with van der Waals surface area (Å²) >= 11 is 0. The molecule has 1 N–H and O–H groups in total. The summed E-state index contributed by atoms with van der Waals surface area (Å²) in [7, 11) is 0. The van der Waals surface area contributed by atoms with E-state index in [4.69, 9.17) is 0 Å². The van der Waals surface area contributed by atoms with Crippen molar-refractivity contribution in [3.05, 3.63) is 46.9 Å². The maximum absolute atomic E-state index is 13.7. The van der Waals surface area contributed by atoms with Gasteiger partial charge >= 0.3 is 0 Å². The average molecular weight is 368 g/mol. The first kappa shape index (κ1) is 19.1. The number of anilines is 1. The Morgan fingerprint density at radius 3 is 2.81 bits per heavy atom. The number of carbonyl (C=O) groups is 1. The van der Waals surface area contributed by atoms with Crippen LogP contribution < -0.4 is 5.32 Å². The molecule has 0 aliphatic carbocycles. The van der Waals surface area contributed by atoms with Gasteiger partial charge in [-0.05, 0) is 63.9 Å². The van der Waals surface area contributed by atoms with E-state index in [9.17, 15) is 14.4 Å². The van der Waals surface area contributed by atoms with Gasteiger partial charge in [-0.1, -0.05) is 12.5 Å². The highest BCUT2D eigenvalue weighted by atomic mass is 19.1. The van der Waals surface area contributed by atoms with Gasteiger partial charge in [0, 0.05) is 11.7 Å². The lowest BCUT2D eigenvalue weighted by atomic mass is 10.0. The fourth-order valence-electron chi connectivity index (χ4n) is 3.75. The van der Waals surface area contributed by atoms with Crippen molar-refractivity contribution < 1.29 is 9.18 Å². The van der Waals surface area contributed by atoms with Gasteiger partial charge in [-0.3, -0.25) is 14.3 Å². The smallest absolute Gasteiger partial charge is 0.239 e. The van der Waals surface area contributed by atoms with Crippen LogP contribution in [0.3, 0.4) is 0 Å². The van der Waals surface area contributed by atoms with Crippen molar-refractivity contribution in [2.45, 2.75) is 46.1 Å². The zero-order chi connectivity index (χ0) is 19.6. The molecule has 1 saturated heterocycles. The van der Waals surface area contributed by atoms with E-state index < -0.39 is 0 Å². The van der Waals surface area contributed by atoms with Crippen LogP contribution in [0, 0.1) is 31.0 Å². The Kier molecular flexibility index (Phi) is 5.62. The normalized spacial score (nSPS) is 17.5. The van der Waals surface area contributed by atoms with Gasteiger partial charge in [-0.25, -0.2) is 4.39 Å². The molecule has 6 heteroatoms. The van der Waals surface area contributed by atoms with Crippen molar-refractivity contribution in [3.8, 4) is 11.8 Å². The van der Waals surface area contributed by atoms with Gasteiger partial charge in [0.1, 0.15) is 17.7 Å². The molecule has 142 valence electrons. The maximum atomic E-state index is 13.7. The van der Waals surface area contributed by atoms with Crippen LogP contribution in [0.4, 0.5) is 10.2 Å². The highest BCUT2D eigenvalue weighted by molar-refractivity contribution is 5.93. The summed E-state index contributed by atoms with van der Waals surface area (Å²) < 4.78 is 15.5. The van der Waals surface area contributed by atoms with E-state index in [1.54, 1.807) is 16.7 Å². The average Bonchev–Trinajstić information content (AvgIpc) is 2.87. The van der Waals surface area contributed by atoms with Crippen molar-refractivity contribution in [1.29, 1.82) is 5.26 Å². The first-order valence-electron chi connectivity index (χ1n) is 9.34. The van der Waals surface area contributed by atoms with Crippen LogP contribution in [0.5, 0.6) is 0 Å². The van der Waals surface area contributed by atoms with Crippen LogP contribution in [0.1, 0.15) is 43.0 Å². The number of hydrogen-bond donors (Lipinski definition) is 1. The molecular formula is C21H25FN4O. The summed E-state index contributed by atoms with van der Waals surface area (Å²) in [6, 6.07) is 8.71. The Hall–Kier alpha value is -2.65. The topological polar surface area (TPSA) is 61.1 Å². The summed E-state index contributed by atoms with van der Waals surface area (Å²) in [6.07, 6.45) is 3.38. The molecule has 1 aromatic heterocycles.